The molecule has 0 heteroatoms. The summed E-state index contributed by atoms with van der Waals surface area (Å²) in [5.41, 5.74) is 2.70. The number of hydrogen-bond donors (Lipinski definition) is 0. The topological polar surface area (TPSA) is 0 Å². The van der Waals surface area contributed by atoms with Gasteiger partial charge >= 0.3 is 0 Å². The normalized spacial score (nSPS) is 33.6. The van der Waals surface area contributed by atoms with Gasteiger partial charge in [-0.1, -0.05) is 44.6 Å². The van der Waals surface area contributed by atoms with Crippen LogP contribution in [0.3, 0.4) is 0 Å². The maximum Gasteiger partial charge on any atom is -0.0162 e. The molecular weight excluding hydrogens is 156 g/mol. The summed E-state index contributed by atoms with van der Waals surface area (Å²) in [5.74, 6) is 1.78. The predicted octanol–water partition coefficient (Wildman–Crippen LogP) is 3.87. The van der Waals surface area contributed by atoms with Crippen molar-refractivity contribution in [3.63, 3.8) is 0 Å². The molecule has 0 N–H and O–H groups in total. The summed E-state index contributed by atoms with van der Waals surface area (Å²) >= 11 is 0. The standard InChI is InChI=1S/C13H18/c1-10-3-6-12(7-4-10)13-8-5-11(2)9-13/h5,8-10,12H,2-4,6-7H2,1H3. The van der Waals surface area contributed by atoms with E-state index in [1.807, 2.05) is 0 Å². The van der Waals surface area contributed by atoms with Crippen LogP contribution in [-0.4, -0.2) is 0 Å². The first-order valence-corrected chi connectivity index (χ1v) is 5.34. The van der Waals surface area contributed by atoms with Gasteiger partial charge in [-0.2, -0.15) is 0 Å². The molecule has 13 heavy (non-hydrogen) atoms. The minimum Gasteiger partial charge on any atom is -0.0918 e. The van der Waals surface area contributed by atoms with E-state index in [0.717, 1.165) is 11.8 Å². The summed E-state index contributed by atoms with van der Waals surface area (Å²) in [5, 5.41) is 0. The molecule has 0 spiro atoms. The van der Waals surface area contributed by atoms with Crippen LogP contribution in [0.4, 0.5) is 0 Å². The summed E-state index contributed by atoms with van der Waals surface area (Å²) in [6.07, 6.45) is 12.2. The third-order valence-electron chi connectivity index (χ3n) is 3.33. The Hall–Kier alpha value is -0.780. The second-order valence-corrected chi connectivity index (χ2v) is 4.51. The molecule has 2 aliphatic carbocycles. The van der Waals surface area contributed by atoms with Crippen molar-refractivity contribution >= 4 is 0 Å². The van der Waals surface area contributed by atoms with E-state index in [1.165, 1.54) is 36.8 Å². The van der Waals surface area contributed by atoms with E-state index in [2.05, 4.69) is 31.7 Å². The summed E-state index contributed by atoms with van der Waals surface area (Å²) in [6, 6.07) is 0. The van der Waals surface area contributed by atoms with Crippen molar-refractivity contribution in [2.24, 2.45) is 11.8 Å². The Kier molecular flexibility index (Phi) is 2.39. The van der Waals surface area contributed by atoms with Crippen LogP contribution in [0.5, 0.6) is 0 Å². The molecule has 1 saturated carbocycles. The molecule has 2 rings (SSSR count). The molecule has 0 bridgehead atoms. The van der Waals surface area contributed by atoms with Crippen molar-refractivity contribution in [3.8, 4) is 0 Å². The largest absolute Gasteiger partial charge is 0.0918 e. The van der Waals surface area contributed by atoms with Gasteiger partial charge in [-0.15, -0.1) is 0 Å². The Morgan fingerprint density at radius 1 is 1.15 bits per heavy atom. The van der Waals surface area contributed by atoms with E-state index in [0.29, 0.717) is 0 Å². The number of allylic oxidation sites excluding steroid dienone is 5. The van der Waals surface area contributed by atoms with Crippen LogP contribution in [0.15, 0.2) is 36.0 Å². The van der Waals surface area contributed by atoms with Crippen molar-refractivity contribution in [1.82, 2.24) is 0 Å². The second kappa shape index (κ2) is 3.53. The molecule has 2 aliphatic rings. The monoisotopic (exact) mass is 174 g/mol. The van der Waals surface area contributed by atoms with Gasteiger partial charge in [-0.25, -0.2) is 0 Å². The number of rotatable bonds is 1. The van der Waals surface area contributed by atoms with Crippen LogP contribution in [0.25, 0.3) is 0 Å². The lowest BCUT2D eigenvalue weighted by Crippen LogP contribution is -2.13. The van der Waals surface area contributed by atoms with Crippen molar-refractivity contribution in [1.29, 1.82) is 0 Å². The SMILES string of the molecule is C=C1C=CC(C2CCC(C)CC2)=C1. The van der Waals surface area contributed by atoms with Crippen LogP contribution in [-0.2, 0) is 0 Å². The lowest BCUT2D eigenvalue weighted by molar-refractivity contribution is 0.324. The highest BCUT2D eigenvalue weighted by atomic mass is 14.3. The molecule has 0 aromatic heterocycles. The van der Waals surface area contributed by atoms with E-state index in [9.17, 15) is 0 Å². The number of hydrogen-bond acceptors (Lipinski definition) is 0. The average Bonchev–Trinajstić information content (AvgIpc) is 2.53. The highest BCUT2D eigenvalue weighted by Gasteiger charge is 2.21. The first kappa shape index (κ1) is 8.80. The van der Waals surface area contributed by atoms with E-state index < -0.39 is 0 Å². The zero-order chi connectivity index (χ0) is 9.26. The predicted molar refractivity (Wildman–Crippen MR) is 57.5 cm³/mol. The van der Waals surface area contributed by atoms with Gasteiger partial charge in [-0.3, -0.25) is 0 Å². The van der Waals surface area contributed by atoms with Gasteiger partial charge < -0.3 is 0 Å². The molecular formula is C13H18. The van der Waals surface area contributed by atoms with Crippen LogP contribution >= 0.6 is 0 Å². The first-order valence-electron chi connectivity index (χ1n) is 5.34. The van der Waals surface area contributed by atoms with Crippen molar-refractivity contribution in [3.05, 3.63) is 36.0 Å². The average molecular weight is 174 g/mol. The Balaban J connectivity index is 1.99. The lowest BCUT2D eigenvalue weighted by Gasteiger charge is -2.26. The molecule has 0 nitrogen and oxygen atoms in total. The minimum absolute atomic E-state index is 0.826. The van der Waals surface area contributed by atoms with Gasteiger partial charge in [0.05, 0.1) is 0 Å². The third-order valence-corrected chi connectivity index (χ3v) is 3.33. The van der Waals surface area contributed by atoms with Crippen LogP contribution in [0.1, 0.15) is 32.6 Å². The van der Waals surface area contributed by atoms with Crippen LogP contribution in [0, 0.1) is 11.8 Å². The highest BCUT2D eigenvalue weighted by molar-refractivity contribution is 5.45. The lowest BCUT2D eigenvalue weighted by atomic mass is 9.79. The summed E-state index contributed by atoms with van der Waals surface area (Å²) in [4.78, 5) is 0. The summed E-state index contributed by atoms with van der Waals surface area (Å²) in [7, 11) is 0. The zero-order valence-corrected chi connectivity index (χ0v) is 8.42. The third kappa shape index (κ3) is 1.93. The maximum absolute atomic E-state index is 3.95. The Morgan fingerprint density at radius 2 is 1.85 bits per heavy atom. The van der Waals surface area contributed by atoms with E-state index >= 15 is 0 Å². The van der Waals surface area contributed by atoms with E-state index in [-0.39, 0.29) is 0 Å². The fourth-order valence-corrected chi connectivity index (χ4v) is 2.36. The molecule has 1 fully saturated rings. The van der Waals surface area contributed by atoms with Gasteiger partial charge in [0.25, 0.3) is 0 Å². The summed E-state index contributed by atoms with van der Waals surface area (Å²) in [6.45, 7) is 6.32. The van der Waals surface area contributed by atoms with Crippen LogP contribution in [0.2, 0.25) is 0 Å². The molecule has 0 aromatic rings. The molecule has 0 unspecified atom stereocenters. The Bertz CT molecular complexity index is 260. The molecule has 0 aromatic carbocycles. The smallest absolute Gasteiger partial charge is 0.0162 e. The summed E-state index contributed by atoms with van der Waals surface area (Å²) < 4.78 is 0. The molecule has 70 valence electrons. The van der Waals surface area contributed by atoms with Gasteiger partial charge in [0.15, 0.2) is 0 Å². The van der Waals surface area contributed by atoms with Gasteiger partial charge in [0.1, 0.15) is 0 Å². The van der Waals surface area contributed by atoms with Gasteiger partial charge in [0.2, 0.25) is 0 Å². The van der Waals surface area contributed by atoms with Crippen molar-refractivity contribution in [2.75, 3.05) is 0 Å². The maximum atomic E-state index is 3.95. The second-order valence-electron chi connectivity index (χ2n) is 4.51. The molecule has 0 aliphatic heterocycles. The first-order chi connectivity index (χ1) is 6.25. The molecule has 0 atom stereocenters. The van der Waals surface area contributed by atoms with E-state index in [4.69, 9.17) is 0 Å². The van der Waals surface area contributed by atoms with Crippen molar-refractivity contribution in [2.45, 2.75) is 32.6 Å². The highest BCUT2D eigenvalue weighted by Crippen LogP contribution is 2.35. The molecule has 0 amide bonds. The van der Waals surface area contributed by atoms with Crippen molar-refractivity contribution < 1.29 is 0 Å². The molecule has 0 radical (unpaired) electrons. The fourth-order valence-electron chi connectivity index (χ4n) is 2.36. The molecule has 0 saturated heterocycles. The van der Waals surface area contributed by atoms with Gasteiger partial charge in [0, 0.05) is 0 Å². The van der Waals surface area contributed by atoms with Gasteiger partial charge in [-0.05, 0) is 35.8 Å². The Morgan fingerprint density at radius 3 is 2.38 bits per heavy atom. The molecule has 0 heterocycles. The zero-order valence-electron chi connectivity index (χ0n) is 8.42. The Labute approximate surface area is 81.0 Å². The van der Waals surface area contributed by atoms with Crippen LogP contribution < -0.4 is 0 Å². The quantitative estimate of drug-likeness (QED) is 0.566. The fraction of sp³-hybridized carbons (Fsp3) is 0.538. The van der Waals surface area contributed by atoms with E-state index in [1.54, 1.807) is 0 Å². The minimum atomic E-state index is 0.826.